The highest BCUT2D eigenvalue weighted by molar-refractivity contribution is 5.96. The summed E-state index contributed by atoms with van der Waals surface area (Å²) in [6.45, 7) is 3.82. The van der Waals surface area contributed by atoms with Crippen LogP contribution < -0.4 is 5.32 Å². The van der Waals surface area contributed by atoms with Gasteiger partial charge >= 0.3 is 5.97 Å². The molecule has 6 nitrogen and oxygen atoms in total. The Balaban J connectivity index is 1.52. The van der Waals surface area contributed by atoms with Gasteiger partial charge in [0.05, 0.1) is 11.4 Å². The van der Waals surface area contributed by atoms with E-state index in [4.69, 9.17) is 4.74 Å². The third-order valence-electron chi connectivity index (χ3n) is 5.70. The maximum atomic E-state index is 13.0. The first-order valence-electron chi connectivity index (χ1n) is 11.3. The number of hydrogen-bond donors (Lipinski definition) is 1. The summed E-state index contributed by atoms with van der Waals surface area (Å²) >= 11 is 0. The molecule has 0 aliphatic heterocycles. The molecule has 0 aliphatic rings. The van der Waals surface area contributed by atoms with Gasteiger partial charge in [0.25, 0.3) is 5.91 Å². The molecule has 0 radical (unpaired) electrons. The summed E-state index contributed by atoms with van der Waals surface area (Å²) in [4.78, 5) is 25.6. The lowest BCUT2D eigenvalue weighted by Crippen LogP contribution is -2.22. The third-order valence-corrected chi connectivity index (χ3v) is 5.70. The van der Waals surface area contributed by atoms with Crippen molar-refractivity contribution in [3.8, 4) is 16.9 Å². The molecule has 172 valence electrons. The minimum absolute atomic E-state index is 0.248. The Morgan fingerprint density at radius 3 is 2.29 bits per heavy atom. The van der Waals surface area contributed by atoms with E-state index in [1.807, 2.05) is 84.9 Å². The minimum Gasteiger partial charge on any atom is -0.451 e. The van der Waals surface area contributed by atoms with E-state index in [0.717, 1.165) is 28.9 Å². The molecule has 3 aromatic carbocycles. The van der Waals surface area contributed by atoms with Gasteiger partial charge in [-0.05, 0) is 42.2 Å². The lowest BCUT2D eigenvalue weighted by molar-refractivity contribution is -0.119. The van der Waals surface area contributed by atoms with Crippen LogP contribution in [0.5, 0.6) is 0 Å². The number of aromatic nitrogens is 2. The van der Waals surface area contributed by atoms with E-state index in [-0.39, 0.29) is 5.69 Å². The number of nitrogens with zero attached hydrogens (tertiary/aromatic N) is 2. The average Bonchev–Trinajstić information content (AvgIpc) is 3.34. The molecule has 1 aromatic heterocycles. The molecule has 1 N–H and O–H groups in total. The number of hydrogen-bond acceptors (Lipinski definition) is 4. The molecule has 1 atom stereocenters. The Hall–Kier alpha value is -4.19. The molecular formula is C28H27N3O3. The predicted octanol–water partition coefficient (Wildman–Crippen LogP) is 5.85. The zero-order valence-corrected chi connectivity index (χ0v) is 19.3. The lowest BCUT2D eigenvalue weighted by Gasteiger charge is -2.15. The number of benzene rings is 3. The first-order chi connectivity index (χ1) is 16.6. The van der Waals surface area contributed by atoms with Crippen LogP contribution in [0.4, 0.5) is 5.69 Å². The van der Waals surface area contributed by atoms with Crippen molar-refractivity contribution in [3.63, 3.8) is 0 Å². The van der Waals surface area contributed by atoms with Crippen molar-refractivity contribution in [2.45, 2.75) is 26.2 Å². The second kappa shape index (κ2) is 10.6. The molecule has 0 saturated carbocycles. The molecule has 0 fully saturated rings. The second-order valence-electron chi connectivity index (χ2n) is 8.05. The highest BCUT2D eigenvalue weighted by Gasteiger charge is 2.20. The summed E-state index contributed by atoms with van der Waals surface area (Å²) < 4.78 is 6.93. The summed E-state index contributed by atoms with van der Waals surface area (Å²) in [5, 5.41) is 7.49. The van der Waals surface area contributed by atoms with Gasteiger partial charge in [-0.3, -0.25) is 4.79 Å². The first kappa shape index (κ1) is 23.0. The first-order valence-corrected chi connectivity index (χ1v) is 11.3. The van der Waals surface area contributed by atoms with Gasteiger partial charge in [-0.15, -0.1) is 0 Å². The zero-order chi connectivity index (χ0) is 23.9. The standard InChI is InChI=1S/C28H27N3O3/c1-3-20(2)23-16-10-11-17-24(23)29-27(32)19-34-28(33)26-18-25(21-12-6-4-7-13-21)30-31(26)22-14-8-5-9-15-22/h4-18,20H,3,19H2,1-2H3,(H,29,32)/t20-/m0/s1. The number of anilines is 1. The molecule has 34 heavy (non-hydrogen) atoms. The fourth-order valence-corrected chi connectivity index (χ4v) is 3.69. The van der Waals surface area contributed by atoms with Crippen molar-refractivity contribution in [2.24, 2.45) is 0 Å². The van der Waals surface area contributed by atoms with Crippen molar-refractivity contribution in [1.29, 1.82) is 0 Å². The van der Waals surface area contributed by atoms with Gasteiger partial charge in [-0.25, -0.2) is 9.48 Å². The predicted molar refractivity (Wildman–Crippen MR) is 133 cm³/mol. The summed E-state index contributed by atoms with van der Waals surface area (Å²) in [6.07, 6.45) is 0.953. The minimum atomic E-state index is -0.621. The highest BCUT2D eigenvalue weighted by atomic mass is 16.5. The number of para-hydroxylation sites is 2. The molecule has 1 amide bonds. The topological polar surface area (TPSA) is 73.2 Å². The number of ether oxygens (including phenoxy) is 1. The molecular weight excluding hydrogens is 426 g/mol. The van der Waals surface area contributed by atoms with E-state index in [1.165, 1.54) is 0 Å². The van der Waals surface area contributed by atoms with E-state index < -0.39 is 18.5 Å². The molecule has 4 aromatic rings. The summed E-state index contributed by atoms with van der Waals surface area (Å²) in [6, 6.07) is 28.3. The van der Waals surface area contributed by atoms with Crippen molar-refractivity contribution in [3.05, 3.63) is 102 Å². The SMILES string of the molecule is CC[C@H](C)c1ccccc1NC(=O)COC(=O)c1cc(-c2ccccc2)nn1-c1ccccc1. The number of amides is 1. The van der Waals surface area contributed by atoms with Crippen molar-refractivity contribution in [2.75, 3.05) is 11.9 Å². The van der Waals surface area contributed by atoms with Crippen LogP contribution in [-0.2, 0) is 9.53 Å². The average molecular weight is 454 g/mol. The number of carbonyl (C=O) groups is 2. The van der Waals surface area contributed by atoms with Gasteiger partial charge in [0.15, 0.2) is 12.3 Å². The van der Waals surface area contributed by atoms with Gasteiger partial charge in [-0.1, -0.05) is 80.6 Å². The monoisotopic (exact) mass is 453 g/mol. The largest absolute Gasteiger partial charge is 0.451 e. The summed E-state index contributed by atoms with van der Waals surface area (Å²) in [7, 11) is 0. The van der Waals surface area contributed by atoms with Crippen LogP contribution in [0.3, 0.4) is 0 Å². The van der Waals surface area contributed by atoms with Crippen LogP contribution in [0.15, 0.2) is 91.0 Å². The van der Waals surface area contributed by atoms with E-state index >= 15 is 0 Å². The number of esters is 1. The summed E-state index contributed by atoms with van der Waals surface area (Å²) in [5.74, 6) is -0.710. The Morgan fingerprint density at radius 2 is 1.59 bits per heavy atom. The fourth-order valence-electron chi connectivity index (χ4n) is 3.69. The molecule has 1 heterocycles. The Bertz CT molecular complexity index is 1270. The fraction of sp³-hybridized carbons (Fsp3) is 0.179. The molecule has 0 saturated heterocycles. The van der Waals surface area contributed by atoms with E-state index in [9.17, 15) is 9.59 Å². The highest BCUT2D eigenvalue weighted by Crippen LogP contribution is 2.26. The number of rotatable bonds is 8. The quantitative estimate of drug-likeness (QED) is 0.340. The van der Waals surface area contributed by atoms with Crippen LogP contribution in [0.25, 0.3) is 16.9 Å². The Kier molecular flexibility index (Phi) is 7.18. The zero-order valence-electron chi connectivity index (χ0n) is 19.3. The number of carbonyl (C=O) groups excluding carboxylic acids is 2. The smallest absolute Gasteiger partial charge is 0.357 e. The van der Waals surface area contributed by atoms with Gasteiger partial charge in [-0.2, -0.15) is 5.10 Å². The second-order valence-corrected chi connectivity index (χ2v) is 8.05. The molecule has 0 bridgehead atoms. The van der Waals surface area contributed by atoms with Gasteiger partial charge in [0.2, 0.25) is 0 Å². The summed E-state index contributed by atoms with van der Waals surface area (Å²) in [5.41, 5.74) is 4.29. The lowest BCUT2D eigenvalue weighted by atomic mass is 9.97. The van der Waals surface area contributed by atoms with Crippen molar-refractivity contribution >= 4 is 17.6 Å². The maximum absolute atomic E-state index is 13.0. The molecule has 6 heteroatoms. The van der Waals surface area contributed by atoms with Crippen LogP contribution in [-0.4, -0.2) is 28.3 Å². The number of nitrogens with one attached hydrogen (secondary N) is 1. The molecule has 0 spiro atoms. The van der Waals surface area contributed by atoms with Gasteiger partial charge in [0, 0.05) is 11.3 Å². The van der Waals surface area contributed by atoms with Crippen LogP contribution >= 0.6 is 0 Å². The normalized spacial score (nSPS) is 11.6. The molecule has 4 rings (SSSR count). The van der Waals surface area contributed by atoms with Gasteiger partial charge in [0.1, 0.15) is 0 Å². The van der Waals surface area contributed by atoms with Crippen molar-refractivity contribution in [1.82, 2.24) is 9.78 Å². The van der Waals surface area contributed by atoms with Gasteiger partial charge < -0.3 is 10.1 Å². The maximum Gasteiger partial charge on any atom is 0.357 e. The van der Waals surface area contributed by atoms with Crippen LogP contribution in [0.1, 0.15) is 42.2 Å². The van der Waals surface area contributed by atoms with E-state index in [2.05, 4.69) is 24.3 Å². The molecule has 0 aliphatic carbocycles. The Labute approximate surface area is 199 Å². The van der Waals surface area contributed by atoms with Crippen molar-refractivity contribution < 1.29 is 14.3 Å². The third kappa shape index (κ3) is 5.23. The van der Waals surface area contributed by atoms with Crippen LogP contribution in [0.2, 0.25) is 0 Å². The van der Waals surface area contributed by atoms with E-state index in [1.54, 1.807) is 10.7 Å². The molecule has 0 unspecified atom stereocenters. The van der Waals surface area contributed by atoms with E-state index in [0.29, 0.717) is 11.6 Å². The Morgan fingerprint density at radius 1 is 0.941 bits per heavy atom. The van der Waals surface area contributed by atoms with Crippen LogP contribution in [0, 0.1) is 0 Å².